The number of hydrogen-bond donors (Lipinski definition) is 2. The Bertz CT molecular complexity index is 498. The van der Waals surface area contributed by atoms with Crippen LogP contribution < -0.4 is 4.74 Å². The standard InChI is InChI=1S/C12H11F3O5/c13-12(14,15)20-8-3-4-9(10(17)11(18)19)7(6-8)2-1-5-16/h3-6,10,17H,1-2H2,(H,18,19). The highest BCUT2D eigenvalue weighted by Crippen LogP contribution is 2.28. The van der Waals surface area contributed by atoms with Gasteiger partial charge in [-0.3, -0.25) is 0 Å². The first-order chi connectivity index (χ1) is 9.24. The molecule has 0 radical (unpaired) electrons. The topological polar surface area (TPSA) is 83.8 Å². The zero-order chi connectivity index (χ0) is 15.3. The fourth-order valence-electron chi connectivity index (χ4n) is 1.61. The molecule has 1 aromatic rings. The van der Waals surface area contributed by atoms with Crippen LogP contribution in [-0.4, -0.2) is 28.8 Å². The maximum Gasteiger partial charge on any atom is 0.573 e. The largest absolute Gasteiger partial charge is 0.573 e. The van der Waals surface area contributed by atoms with Gasteiger partial charge < -0.3 is 19.7 Å². The van der Waals surface area contributed by atoms with Crippen molar-refractivity contribution >= 4 is 12.3 Å². The number of rotatable bonds is 6. The van der Waals surface area contributed by atoms with Gasteiger partial charge in [-0.05, 0) is 29.7 Å². The number of carbonyl (C=O) groups excluding carboxylic acids is 1. The lowest BCUT2D eigenvalue weighted by Crippen LogP contribution is -2.18. The number of benzene rings is 1. The molecule has 8 heteroatoms. The van der Waals surface area contributed by atoms with Gasteiger partial charge in [-0.2, -0.15) is 0 Å². The van der Waals surface area contributed by atoms with E-state index in [9.17, 15) is 27.9 Å². The average Bonchev–Trinajstić information content (AvgIpc) is 2.33. The molecule has 0 saturated carbocycles. The summed E-state index contributed by atoms with van der Waals surface area (Å²) in [7, 11) is 0. The fraction of sp³-hybridized carbons (Fsp3) is 0.333. The Kier molecular flexibility index (Phi) is 5.09. The number of aliphatic hydroxyl groups is 1. The van der Waals surface area contributed by atoms with Crippen LogP contribution in [0.5, 0.6) is 5.75 Å². The number of carbonyl (C=O) groups is 2. The lowest BCUT2D eigenvalue weighted by Gasteiger charge is -2.15. The molecule has 1 rings (SSSR count). The molecule has 0 spiro atoms. The van der Waals surface area contributed by atoms with Crippen molar-refractivity contribution in [2.24, 2.45) is 0 Å². The fourth-order valence-corrected chi connectivity index (χ4v) is 1.61. The van der Waals surface area contributed by atoms with E-state index in [1.165, 1.54) is 0 Å². The predicted octanol–water partition coefficient (Wildman–Crippen LogP) is 1.83. The van der Waals surface area contributed by atoms with Gasteiger partial charge in [-0.1, -0.05) is 6.07 Å². The number of aryl methyl sites for hydroxylation is 1. The molecule has 0 amide bonds. The van der Waals surface area contributed by atoms with Gasteiger partial charge >= 0.3 is 12.3 Å². The van der Waals surface area contributed by atoms with Crippen molar-refractivity contribution in [2.75, 3.05) is 0 Å². The smallest absolute Gasteiger partial charge is 0.479 e. The Labute approximate surface area is 111 Å². The van der Waals surface area contributed by atoms with Crippen LogP contribution in [0.1, 0.15) is 23.7 Å². The zero-order valence-electron chi connectivity index (χ0n) is 10.1. The number of ether oxygens (including phenoxy) is 1. The highest BCUT2D eigenvalue weighted by atomic mass is 19.4. The van der Waals surface area contributed by atoms with Gasteiger partial charge in [-0.15, -0.1) is 13.2 Å². The van der Waals surface area contributed by atoms with Crippen LogP contribution in [0.4, 0.5) is 13.2 Å². The Morgan fingerprint density at radius 2 is 2.05 bits per heavy atom. The van der Waals surface area contributed by atoms with Crippen molar-refractivity contribution in [3.8, 4) is 5.75 Å². The molecule has 0 aliphatic carbocycles. The molecule has 0 aliphatic heterocycles. The molecule has 0 heterocycles. The van der Waals surface area contributed by atoms with Crippen LogP contribution in [0.2, 0.25) is 0 Å². The number of carboxylic acids is 1. The number of alkyl halides is 3. The van der Waals surface area contributed by atoms with Crippen molar-refractivity contribution in [1.29, 1.82) is 0 Å². The summed E-state index contributed by atoms with van der Waals surface area (Å²) in [5, 5.41) is 18.2. The molecule has 1 atom stereocenters. The average molecular weight is 292 g/mol. The maximum absolute atomic E-state index is 12.1. The first kappa shape index (κ1) is 16.0. The second-order valence-corrected chi connectivity index (χ2v) is 3.85. The molecule has 5 nitrogen and oxygen atoms in total. The van der Waals surface area contributed by atoms with Gasteiger partial charge in [0.1, 0.15) is 12.0 Å². The first-order valence-electron chi connectivity index (χ1n) is 5.47. The summed E-state index contributed by atoms with van der Waals surface area (Å²) in [5.41, 5.74) is 0.0302. The molecule has 0 saturated heterocycles. The third-order valence-corrected chi connectivity index (χ3v) is 2.41. The summed E-state index contributed by atoms with van der Waals surface area (Å²) >= 11 is 0. The van der Waals surface area contributed by atoms with Crippen LogP contribution in [0.3, 0.4) is 0 Å². The molecule has 0 fully saturated rings. The van der Waals surface area contributed by atoms with E-state index >= 15 is 0 Å². The van der Waals surface area contributed by atoms with Crippen LogP contribution >= 0.6 is 0 Å². The highest BCUT2D eigenvalue weighted by Gasteiger charge is 2.31. The number of hydrogen-bond acceptors (Lipinski definition) is 4. The van der Waals surface area contributed by atoms with Gasteiger partial charge in [-0.25, -0.2) is 4.79 Å². The molecular weight excluding hydrogens is 281 g/mol. The quantitative estimate of drug-likeness (QED) is 0.781. The summed E-state index contributed by atoms with van der Waals surface area (Å²) < 4.78 is 40.0. The van der Waals surface area contributed by atoms with Crippen LogP contribution in [-0.2, 0) is 16.0 Å². The minimum Gasteiger partial charge on any atom is -0.479 e. The summed E-state index contributed by atoms with van der Waals surface area (Å²) in [6.07, 6.45) is -6.24. The zero-order valence-corrected chi connectivity index (χ0v) is 10.1. The van der Waals surface area contributed by atoms with Crippen molar-refractivity contribution in [3.05, 3.63) is 29.3 Å². The van der Waals surface area contributed by atoms with Crippen molar-refractivity contribution in [1.82, 2.24) is 0 Å². The Hall–Kier alpha value is -2.09. The summed E-state index contributed by atoms with van der Waals surface area (Å²) in [6.45, 7) is 0. The van der Waals surface area contributed by atoms with E-state index in [4.69, 9.17) is 5.11 Å². The van der Waals surface area contributed by atoms with E-state index in [0.29, 0.717) is 6.29 Å². The minimum atomic E-state index is -4.88. The third kappa shape index (κ3) is 4.54. The molecule has 1 unspecified atom stereocenters. The highest BCUT2D eigenvalue weighted by molar-refractivity contribution is 5.74. The Morgan fingerprint density at radius 3 is 2.55 bits per heavy atom. The second kappa shape index (κ2) is 6.38. The normalized spacial score (nSPS) is 12.8. The van der Waals surface area contributed by atoms with Gasteiger partial charge in [0, 0.05) is 6.42 Å². The summed E-state index contributed by atoms with van der Waals surface area (Å²) in [5.74, 6) is -2.08. The third-order valence-electron chi connectivity index (χ3n) is 2.41. The number of carboxylic acid groups (broad SMARTS) is 1. The van der Waals surface area contributed by atoms with Gasteiger partial charge in [0.25, 0.3) is 0 Å². The van der Waals surface area contributed by atoms with E-state index in [1.807, 2.05) is 0 Å². The lowest BCUT2D eigenvalue weighted by molar-refractivity contribution is -0.274. The van der Waals surface area contributed by atoms with Crippen molar-refractivity contribution < 1.29 is 37.7 Å². The van der Waals surface area contributed by atoms with E-state index < -0.39 is 24.2 Å². The molecule has 0 bridgehead atoms. The van der Waals surface area contributed by atoms with Crippen LogP contribution in [0.15, 0.2) is 18.2 Å². The van der Waals surface area contributed by atoms with Gasteiger partial charge in [0.15, 0.2) is 6.10 Å². The van der Waals surface area contributed by atoms with Crippen LogP contribution in [0, 0.1) is 0 Å². The maximum atomic E-state index is 12.1. The second-order valence-electron chi connectivity index (χ2n) is 3.85. The van der Waals surface area contributed by atoms with E-state index in [1.54, 1.807) is 0 Å². The molecule has 0 aromatic heterocycles. The van der Waals surface area contributed by atoms with Crippen molar-refractivity contribution in [2.45, 2.75) is 25.3 Å². The van der Waals surface area contributed by atoms with Gasteiger partial charge in [0.2, 0.25) is 0 Å². The number of aliphatic carboxylic acids is 1. The van der Waals surface area contributed by atoms with E-state index in [2.05, 4.69) is 4.74 Å². The molecule has 2 N–H and O–H groups in total. The Balaban J connectivity index is 3.12. The van der Waals surface area contributed by atoms with Crippen LogP contribution in [0.25, 0.3) is 0 Å². The number of aldehydes is 1. The number of halogens is 3. The molecule has 110 valence electrons. The summed E-state index contributed by atoms with van der Waals surface area (Å²) in [4.78, 5) is 21.0. The molecule has 0 aliphatic rings. The first-order valence-corrected chi connectivity index (χ1v) is 5.47. The SMILES string of the molecule is O=CCCc1cc(OC(F)(F)F)ccc1C(O)C(=O)O. The predicted molar refractivity (Wildman–Crippen MR) is 60.1 cm³/mol. The Morgan fingerprint density at radius 1 is 1.40 bits per heavy atom. The number of aliphatic hydroxyl groups excluding tert-OH is 1. The summed E-state index contributed by atoms with van der Waals surface area (Å²) in [6, 6.07) is 2.89. The van der Waals surface area contributed by atoms with E-state index in [-0.39, 0.29) is 24.0 Å². The molecule has 20 heavy (non-hydrogen) atoms. The monoisotopic (exact) mass is 292 g/mol. The van der Waals surface area contributed by atoms with Gasteiger partial charge in [0.05, 0.1) is 0 Å². The minimum absolute atomic E-state index is 0.00176. The molecular formula is C12H11F3O5. The lowest BCUT2D eigenvalue weighted by atomic mass is 9.98. The van der Waals surface area contributed by atoms with E-state index in [0.717, 1.165) is 18.2 Å². The molecule has 1 aromatic carbocycles. The van der Waals surface area contributed by atoms with Crippen molar-refractivity contribution in [3.63, 3.8) is 0 Å².